The summed E-state index contributed by atoms with van der Waals surface area (Å²) in [6.07, 6.45) is 24.0. The van der Waals surface area contributed by atoms with E-state index in [1.807, 2.05) is 72.9 Å². The van der Waals surface area contributed by atoms with Crippen LogP contribution < -0.4 is 0 Å². The second-order valence-corrected chi connectivity index (χ2v) is 2.31. The van der Waals surface area contributed by atoms with Gasteiger partial charge in [0, 0.05) is 0 Å². The average molecular weight is 156 g/mol. The molecule has 0 atom stereocenters. The van der Waals surface area contributed by atoms with E-state index in [0.717, 1.165) is 0 Å². The monoisotopic (exact) mass is 156 g/mol. The summed E-state index contributed by atoms with van der Waals surface area (Å²) in [4.78, 5) is 0. The summed E-state index contributed by atoms with van der Waals surface area (Å²) in [6, 6.07) is 0. The van der Waals surface area contributed by atoms with Crippen LogP contribution in [0.5, 0.6) is 0 Å². The zero-order valence-electron chi connectivity index (χ0n) is 6.93. The minimum absolute atomic E-state index is 2.00. The molecule has 0 aromatic carbocycles. The van der Waals surface area contributed by atoms with Crippen LogP contribution in [0.15, 0.2) is 72.9 Å². The van der Waals surface area contributed by atoms with Gasteiger partial charge in [0.05, 0.1) is 0 Å². The van der Waals surface area contributed by atoms with Crippen molar-refractivity contribution >= 4 is 0 Å². The molecule has 0 spiro atoms. The molecular weight excluding hydrogens is 144 g/mol. The number of hydrogen-bond donors (Lipinski definition) is 0. The van der Waals surface area contributed by atoms with Gasteiger partial charge in [0.25, 0.3) is 0 Å². The molecule has 0 nitrogen and oxygen atoms in total. The van der Waals surface area contributed by atoms with Gasteiger partial charge in [-0.1, -0.05) is 72.9 Å². The molecule has 60 valence electrons. The predicted molar refractivity (Wildman–Crippen MR) is 54.8 cm³/mol. The number of allylic oxidation sites excluding steroid dienone is 12. The van der Waals surface area contributed by atoms with Crippen LogP contribution in [0.25, 0.3) is 0 Å². The fraction of sp³-hybridized carbons (Fsp3) is 0. The lowest BCUT2D eigenvalue weighted by Gasteiger charge is -1.77. The Labute approximate surface area is 73.6 Å². The average Bonchev–Trinajstić information content (AvgIpc) is 2.05. The van der Waals surface area contributed by atoms with Gasteiger partial charge >= 0.3 is 0 Å². The number of rotatable bonds is 0. The molecule has 1 aliphatic rings. The molecule has 0 aromatic rings. The van der Waals surface area contributed by atoms with Crippen molar-refractivity contribution in [1.29, 1.82) is 0 Å². The van der Waals surface area contributed by atoms with Crippen LogP contribution in [-0.4, -0.2) is 0 Å². The summed E-state index contributed by atoms with van der Waals surface area (Å²) in [5.74, 6) is 0. The minimum atomic E-state index is 2.00. The summed E-state index contributed by atoms with van der Waals surface area (Å²) < 4.78 is 0. The molecule has 0 bridgehead atoms. The lowest BCUT2D eigenvalue weighted by Crippen LogP contribution is -1.55. The third kappa shape index (κ3) is 4.29. The standard InChI is InChI=1S/C12H12/c1-2-4-6-8-10-12-11-9-7-5-3-1/h1-12H/b2-1-,3-1?,4-2?,5-3+,6-4+,7-5?,8-6?,9-7-,10-8?,11-9?,12-10?,12-11?. The smallest absolute Gasteiger partial charge is 0.0623 e. The Morgan fingerprint density at radius 2 is 0.250 bits per heavy atom. The first-order valence-electron chi connectivity index (χ1n) is 4.00. The molecule has 0 heteroatoms. The van der Waals surface area contributed by atoms with Crippen molar-refractivity contribution in [1.82, 2.24) is 0 Å². The van der Waals surface area contributed by atoms with Crippen LogP contribution in [-0.2, 0) is 0 Å². The highest BCUT2D eigenvalue weighted by molar-refractivity contribution is 5.23. The second kappa shape index (κ2) is 6.17. The molecule has 0 fully saturated rings. The van der Waals surface area contributed by atoms with E-state index in [9.17, 15) is 0 Å². The topological polar surface area (TPSA) is 0 Å². The van der Waals surface area contributed by atoms with Gasteiger partial charge in [-0.15, -0.1) is 0 Å². The summed E-state index contributed by atoms with van der Waals surface area (Å²) in [7, 11) is 0. The first-order valence-corrected chi connectivity index (χ1v) is 4.00. The van der Waals surface area contributed by atoms with E-state index >= 15 is 0 Å². The minimum Gasteiger partial charge on any atom is -0.0623 e. The predicted octanol–water partition coefficient (Wildman–Crippen LogP) is 3.34. The fourth-order valence-electron chi connectivity index (χ4n) is 0.770. The third-order valence-corrected chi connectivity index (χ3v) is 1.33. The SMILES string of the molecule is C1=C\C=C/C=C/C=C\C=C\C=C1. The van der Waals surface area contributed by atoms with Gasteiger partial charge in [0.2, 0.25) is 0 Å². The van der Waals surface area contributed by atoms with Crippen LogP contribution in [0.4, 0.5) is 0 Å². The van der Waals surface area contributed by atoms with E-state index in [-0.39, 0.29) is 0 Å². The zero-order valence-corrected chi connectivity index (χ0v) is 6.93. The first kappa shape index (κ1) is 8.54. The molecule has 12 heavy (non-hydrogen) atoms. The van der Waals surface area contributed by atoms with Gasteiger partial charge in [0.1, 0.15) is 0 Å². The zero-order chi connectivity index (χ0) is 8.49. The molecule has 0 aromatic heterocycles. The van der Waals surface area contributed by atoms with E-state index < -0.39 is 0 Å². The van der Waals surface area contributed by atoms with Crippen LogP contribution in [0.1, 0.15) is 0 Å². The maximum atomic E-state index is 2.00. The Morgan fingerprint density at radius 3 is 0.333 bits per heavy atom. The Bertz CT molecular complexity index is 169. The number of hydrogen-bond acceptors (Lipinski definition) is 0. The van der Waals surface area contributed by atoms with Gasteiger partial charge in [0.15, 0.2) is 0 Å². The molecule has 0 radical (unpaired) electrons. The maximum Gasteiger partial charge on any atom is -0.0623 e. The molecule has 0 amide bonds. The molecular formula is C12H12. The summed E-state index contributed by atoms with van der Waals surface area (Å²) in [6.45, 7) is 0. The van der Waals surface area contributed by atoms with E-state index in [1.165, 1.54) is 0 Å². The van der Waals surface area contributed by atoms with Gasteiger partial charge in [-0.05, 0) is 0 Å². The van der Waals surface area contributed by atoms with Crippen molar-refractivity contribution in [3.63, 3.8) is 0 Å². The van der Waals surface area contributed by atoms with E-state index in [0.29, 0.717) is 0 Å². The molecule has 0 N–H and O–H groups in total. The Balaban J connectivity index is 2.67. The maximum absolute atomic E-state index is 2.00. The normalized spacial score (nSPS) is 26.7. The lowest BCUT2D eigenvalue weighted by atomic mass is 10.3. The molecule has 0 unspecified atom stereocenters. The van der Waals surface area contributed by atoms with Crippen molar-refractivity contribution in [3.8, 4) is 0 Å². The molecule has 1 aliphatic carbocycles. The highest BCUT2D eigenvalue weighted by atomic mass is 13.7. The highest BCUT2D eigenvalue weighted by Crippen LogP contribution is 1.87. The third-order valence-electron chi connectivity index (χ3n) is 1.33. The van der Waals surface area contributed by atoms with E-state index in [2.05, 4.69) is 0 Å². The van der Waals surface area contributed by atoms with Gasteiger partial charge in [-0.2, -0.15) is 0 Å². The largest absolute Gasteiger partial charge is 0.0623 e. The van der Waals surface area contributed by atoms with Gasteiger partial charge < -0.3 is 0 Å². The van der Waals surface area contributed by atoms with Crippen molar-refractivity contribution in [2.24, 2.45) is 0 Å². The van der Waals surface area contributed by atoms with Crippen molar-refractivity contribution in [2.45, 2.75) is 0 Å². The molecule has 0 saturated carbocycles. The highest BCUT2D eigenvalue weighted by Gasteiger charge is 1.65. The van der Waals surface area contributed by atoms with Crippen LogP contribution >= 0.6 is 0 Å². The summed E-state index contributed by atoms with van der Waals surface area (Å²) in [5.41, 5.74) is 0. The quantitative estimate of drug-likeness (QED) is 0.504. The van der Waals surface area contributed by atoms with Gasteiger partial charge in [-0.3, -0.25) is 0 Å². The van der Waals surface area contributed by atoms with Crippen molar-refractivity contribution in [3.05, 3.63) is 72.9 Å². The van der Waals surface area contributed by atoms with Crippen LogP contribution in [0.3, 0.4) is 0 Å². The molecule has 0 heterocycles. The van der Waals surface area contributed by atoms with Crippen LogP contribution in [0.2, 0.25) is 0 Å². The van der Waals surface area contributed by atoms with Crippen molar-refractivity contribution < 1.29 is 0 Å². The Kier molecular flexibility index (Phi) is 4.39. The van der Waals surface area contributed by atoms with Crippen molar-refractivity contribution in [2.75, 3.05) is 0 Å². The molecule has 0 aliphatic heterocycles. The van der Waals surface area contributed by atoms with E-state index in [4.69, 9.17) is 0 Å². The molecule has 1 rings (SSSR count). The van der Waals surface area contributed by atoms with E-state index in [1.54, 1.807) is 0 Å². The Morgan fingerprint density at radius 1 is 0.167 bits per heavy atom. The Hall–Kier alpha value is -1.56. The van der Waals surface area contributed by atoms with Gasteiger partial charge in [-0.25, -0.2) is 0 Å². The fourth-order valence-corrected chi connectivity index (χ4v) is 0.770. The summed E-state index contributed by atoms with van der Waals surface area (Å²) in [5, 5.41) is 0. The van der Waals surface area contributed by atoms with Crippen LogP contribution in [0, 0.1) is 0 Å². The second-order valence-electron chi connectivity index (χ2n) is 2.31. The first-order chi connectivity index (χ1) is 6.00. The summed E-state index contributed by atoms with van der Waals surface area (Å²) >= 11 is 0. The lowest BCUT2D eigenvalue weighted by molar-refractivity contribution is 1.81. The molecule has 0 saturated heterocycles.